The summed E-state index contributed by atoms with van der Waals surface area (Å²) in [6.45, 7) is 3.76. The highest BCUT2D eigenvalue weighted by molar-refractivity contribution is 6.30. The monoisotopic (exact) mass is 432 g/mol. The number of fused-ring (bicyclic) bond motifs is 4. The van der Waals surface area contributed by atoms with Crippen molar-refractivity contribution in [1.29, 1.82) is 0 Å². The molecule has 2 heterocycles. The van der Waals surface area contributed by atoms with Crippen molar-refractivity contribution < 1.29 is 14.3 Å². The van der Waals surface area contributed by atoms with Gasteiger partial charge in [-0.1, -0.05) is 48.0 Å². The first-order chi connectivity index (χ1) is 14.9. The van der Waals surface area contributed by atoms with Crippen LogP contribution in [-0.2, 0) is 0 Å². The number of anilines is 1. The summed E-state index contributed by atoms with van der Waals surface area (Å²) in [6, 6.07) is 21.1. The van der Waals surface area contributed by atoms with Gasteiger partial charge in [0.1, 0.15) is 5.75 Å². The number of imide groups is 1. The van der Waals surface area contributed by atoms with Gasteiger partial charge in [0.2, 0.25) is 0 Å². The summed E-state index contributed by atoms with van der Waals surface area (Å²) in [5.74, 6) is 0.362. The zero-order chi connectivity index (χ0) is 21.8. The van der Waals surface area contributed by atoms with Crippen LogP contribution in [0.5, 0.6) is 5.75 Å². The van der Waals surface area contributed by atoms with Gasteiger partial charge in [0, 0.05) is 28.3 Å². The maximum absolute atomic E-state index is 13.9. The van der Waals surface area contributed by atoms with Gasteiger partial charge in [0.05, 0.1) is 6.04 Å². The van der Waals surface area contributed by atoms with Crippen LogP contribution in [0.1, 0.15) is 40.9 Å². The molecule has 6 heteroatoms. The first-order valence-electron chi connectivity index (χ1n) is 10.2. The lowest BCUT2D eigenvalue weighted by molar-refractivity contribution is 0.00266. The van der Waals surface area contributed by atoms with Gasteiger partial charge < -0.3 is 4.74 Å². The van der Waals surface area contributed by atoms with Crippen LogP contribution in [0.15, 0.2) is 72.8 Å². The van der Waals surface area contributed by atoms with Crippen molar-refractivity contribution in [2.24, 2.45) is 0 Å². The fourth-order valence-electron chi connectivity index (χ4n) is 4.55. The number of hydrogen-bond donors (Lipinski definition) is 0. The topological polar surface area (TPSA) is 49.9 Å². The van der Waals surface area contributed by atoms with Crippen LogP contribution in [0.3, 0.4) is 0 Å². The molecule has 2 aliphatic rings. The molecule has 1 fully saturated rings. The Morgan fingerprint density at radius 1 is 1.03 bits per heavy atom. The third kappa shape index (κ3) is 3.08. The van der Waals surface area contributed by atoms with Gasteiger partial charge in [0.15, 0.2) is 5.72 Å². The second kappa shape index (κ2) is 7.13. The summed E-state index contributed by atoms with van der Waals surface area (Å²) in [7, 11) is 0. The minimum atomic E-state index is -0.938. The van der Waals surface area contributed by atoms with Crippen LogP contribution in [0.25, 0.3) is 0 Å². The van der Waals surface area contributed by atoms with Gasteiger partial charge in [0.25, 0.3) is 5.91 Å². The zero-order valence-corrected chi connectivity index (χ0v) is 18.0. The molecule has 3 amide bonds. The molecule has 2 bridgehead atoms. The Kier molecular flexibility index (Phi) is 4.52. The van der Waals surface area contributed by atoms with E-state index < -0.39 is 17.8 Å². The number of halogens is 1. The molecule has 156 valence electrons. The number of amides is 3. The fourth-order valence-corrected chi connectivity index (χ4v) is 4.68. The Morgan fingerprint density at radius 2 is 1.71 bits per heavy atom. The number of benzene rings is 3. The van der Waals surface area contributed by atoms with Gasteiger partial charge in [-0.2, -0.15) is 0 Å². The van der Waals surface area contributed by atoms with Crippen molar-refractivity contribution in [3.63, 3.8) is 0 Å². The van der Waals surface area contributed by atoms with E-state index in [2.05, 4.69) is 0 Å². The Hall–Kier alpha value is -3.31. The lowest BCUT2D eigenvalue weighted by atomic mass is 9.88. The van der Waals surface area contributed by atoms with Gasteiger partial charge >= 0.3 is 6.03 Å². The maximum Gasteiger partial charge on any atom is 0.335 e. The summed E-state index contributed by atoms with van der Waals surface area (Å²) in [5, 5.41) is 0.569. The van der Waals surface area contributed by atoms with Crippen molar-refractivity contribution in [2.75, 3.05) is 4.90 Å². The molecule has 3 aromatic rings. The molecule has 31 heavy (non-hydrogen) atoms. The molecule has 0 unspecified atom stereocenters. The highest BCUT2D eigenvalue weighted by Gasteiger charge is 2.55. The van der Waals surface area contributed by atoms with Gasteiger partial charge in [-0.15, -0.1) is 0 Å². The van der Waals surface area contributed by atoms with E-state index in [-0.39, 0.29) is 5.91 Å². The molecule has 1 saturated heterocycles. The number of carbonyl (C=O) groups is 2. The molecule has 3 aromatic carbocycles. The minimum absolute atomic E-state index is 0.314. The van der Waals surface area contributed by atoms with Crippen LogP contribution in [0, 0.1) is 6.92 Å². The van der Waals surface area contributed by atoms with E-state index in [0.29, 0.717) is 28.4 Å². The number of nitrogens with zero attached hydrogens (tertiary/aromatic N) is 2. The van der Waals surface area contributed by atoms with Crippen molar-refractivity contribution in [3.05, 3.63) is 94.5 Å². The van der Waals surface area contributed by atoms with Crippen LogP contribution in [0.4, 0.5) is 10.5 Å². The average molecular weight is 433 g/mol. The molecule has 0 N–H and O–H groups in total. The first-order valence-corrected chi connectivity index (χ1v) is 10.5. The van der Waals surface area contributed by atoms with Crippen molar-refractivity contribution in [2.45, 2.75) is 32.0 Å². The predicted molar refractivity (Wildman–Crippen MR) is 120 cm³/mol. The maximum atomic E-state index is 13.9. The molecule has 0 aliphatic carbocycles. The summed E-state index contributed by atoms with van der Waals surface area (Å²) >= 11 is 6.07. The van der Waals surface area contributed by atoms with Crippen molar-refractivity contribution in [3.8, 4) is 5.75 Å². The average Bonchev–Trinajstić information content (AvgIpc) is 2.75. The number of ether oxygens (including phenoxy) is 1. The van der Waals surface area contributed by atoms with E-state index in [9.17, 15) is 9.59 Å². The quantitative estimate of drug-likeness (QED) is 0.501. The predicted octanol–water partition coefficient (Wildman–Crippen LogP) is 5.97. The van der Waals surface area contributed by atoms with E-state index in [4.69, 9.17) is 16.3 Å². The van der Waals surface area contributed by atoms with Gasteiger partial charge in [-0.05, 0) is 55.8 Å². The first kappa shape index (κ1) is 19.6. The second-order valence-electron chi connectivity index (χ2n) is 8.12. The smallest absolute Gasteiger partial charge is 0.335 e. The lowest BCUT2D eigenvalue weighted by Crippen LogP contribution is -2.67. The Morgan fingerprint density at radius 3 is 2.45 bits per heavy atom. The molecule has 2 aliphatic heterocycles. The number of aryl methyl sites for hydroxylation is 1. The van der Waals surface area contributed by atoms with Gasteiger partial charge in [-0.25, -0.2) is 4.79 Å². The van der Waals surface area contributed by atoms with E-state index in [1.807, 2.05) is 56.3 Å². The number of rotatable bonds is 2. The van der Waals surface area contributed by atoms with Crippen LogP contribution in [0.2, 0.25) is 5.02 Å². The molecule has 0 saturated carbocycles. The van der Waals surface area contributed by atoms with E-state index in [1.54, 1.807) is 35.2 Å². The highest BCUT2D eigenvalue weighted by Crippen LogP contribution is 2.49. The van der Waals surface area contributed by atoms with Crippen LogP contribution < -0.4 is 9.64 Å². The molecule has 5 nitrogen and oxygen atoms in total. The largest absolute Gasteiger partial charge is 0.467 e. The standard InChI is InChI=1S/C25H21ClN2O3/c1-16-7-3-4-8-19(16)23(29)27-21-15-25(2,31-22-10-6-5-9-20(21)22)28(24(27)30)18-13-11-17(26)12-14-18/h3-14,21H,15H2,1-2H3/t21-,25-/m0/s1. The van der Waals surface area contributed by atoms with Crippen LogP contribution in [-0.4, -0.2) is 22.6 Å². The van der Waals surface area contributed by atoms with E-state index in [1.165, 1.54) is 4.90 Å². The third-order valence-corrected chi connectivity index (χ3v) is 6.29. The number of urea groups is 1. The molecule has 0 spiro atoms. The van der Waals surface area contributed by atoms with E-state index >= 15 is 0 Å². The second-order valence-corrected chi connectivity index (χ2v) is 8.56. The SMILES string of the molecule is Cc1ccccc1C(=O)N1C(=O)N(c2ccc(Cl)cc2)[C@]2(C)C[C@H]1c1ccccc1O2. The Labute approximate surface area is 185 Å². The minimum Gasteiger partial charge on any atom is -0.467 e. The summed E-state index contributed by atoms with van der Waals surface area (Å²) in [6.07, 6.45) is 0.454. The molecule has 0 aromatic heterocycles. The number of para-hydroxylation sites is 1. The summed E-state index contributed by atoms with van der Waals surface area (Å²) < 4.78 is 6.35. The third-order valence-electron chi connectivity index (χ3n) is 6.04. The molecule has 0 radical (unpaired) electrons. The molecule has 2 atom stereocenters. The normalized spacial score (nSPS) is 22.0. The Bertz CT molecular complexity index is 1190. The molecule has 5 rings (SSSR count). The highest BCUT2D eigenvalue weighted by atomic mass is 35.5. The number of hydrogen-bond acceptors (Lipinski definition) is 3. The van der Waals surface area contributed by atoms with Crippen molar-refractivity contribution >= 4 is 29.2 Å². The number of carbonyl (C=O) groups excluding carboxylic acids is 2. The van der Waals surface area contributed by atoms with E-state index in [0.717, 1.165) is 11.1 Å². The van der Waals surface area contributed by atoms with Crippen molar-refractivity contribution in [1.82, 2.24) is 4.90 Å². The fraction of sp³-hybridized carbons (Fsp3) is 0.200. The molecular formula is C25H21ClN2O3. The van der Waals surface area contributed by atoms with Gasteiger partial charge in [-0.3, -0.25) is 14.6 Å². The Balaban J connectivity index is 1.68. The lowest BCUT2D eigenvalue weighted by Gasteiger charge is -2.53. The summed E-state index contributed by atoms with van der Waals surface area (Å²) in [5.41, 5.74) is 1.86. The zero-order valence-electron chi connectivity index (χ0n) is 17.2. The summed E-state index contributed by atoms with van der Waals surface area (Å²) in [4.78, 5) is 30.5. The van der Waals surface area contributed by atoms with Crippen LogP contribution >= 0.6 is 11.6 Å². The molecular weight excluding hydrogens is 412 g/mol.